The lowest BCUT2D eigenvalue weighted by molar-refractivity contribution is -0.907. The van der Waals surface area contributed by atoms with Crippen LogP contribution < -0.4 is 19.9 Å². The summed E-state index contributed by atoms with van der Waals surface area (Å²) < 4.78 is 5.78. The molecule has 0 bridgehead atoms. The van der Waals surface area contributed by atoms with Crippen molar-refractivity contribution in [3.05, 3.63) is 60.2 Å². The van der Waals surface area contributed by atoms with Crippen molar-refractivity contribution in [1.29, 1.82) is 0 Å². The minimum Gasteiger partial charge on any atom is -0.492 e. The number of carbonyl (C=O) groups is 2. The maximum Gasteiger partial charge on any atom is 0.329 e. The van der Waals surface area contributed by atoms with Crippen LogP contribution in [0.1, 0.15) is 25.8 Å². The highest BCUT2D eigenvalue weighted by atomic mass is 16.5. The topological polar surface area (TPSA) is 66.3 Å². The lowest BCUT2D eigenvalue weighted by atomic mass is 9.87. The molecule has 2 aromatic carbocycles. The molecular weight excluding hydrogens is 392 g/mol. The van der Waals surface area contributed by atoms with Gasteiger partial charge < -0.3 is 19.9 Å². The predicted octanol–water partition coefficient (Wildman–Crippen LogP) is 1.61. The summed E-state index contributed by atoms with van der Waals surface area (Å²) in [5.74, 6) is 0.751. The fourth-order valence-electron chi connectivity index (χ4n) is 4.57. The summed E-state index contributed by atoms with van der Waals surface area (Å²) in [5.41, 5.74) is 0.980. The number of piperazine rings is 1. The van der Waals surface area contributed by atoms with E-state index in [4.69, 9.17) is 4.74 Å². The molecule has 2 saturated heterocycles. The van der Waals surface area contributed by atoms with E-state index >= 15 is 0 Å². The predicted molar refractivity (Wildman–Crippen MR) is 119 cm³/mol. The Bertz CT molecular complexity index is 927. The van der Waals surface area contributed by atoms with Gasteiger partial charge >= 0.3 is 6.03 Å². The molecule has 164 valence electrons. The van der Waals surface area contributed by atoms with E-state index in [0.29, 0.717) is 19.7 Å². The molecule has 2 aliphatic heterocycles. The number of amides is 3. The summed E-state index contributed by atoms with van der Waals surface area (Å²) in [4.78, 5) is 31.1. The molecule has 0 spiro atoms. The van der Waals surface area contributed by atoms with E-state index in [9.17, 15) is 9.59 Å². The minimum atomic E-state index is -0.962. The Balaban J connectivity index is 1.42. The quantitative estimate of drug-likeness (QED) is 0.664. The van der Waals surface area contributed by atoms with Gasteiger partial charge in [-0.3, -0.25) is 4.79 Å². The highest BCUT2D eigenvalue weighted by Gasteiger charge is 2.52. The number of hydrogen-bond acceptors (Lipinski definition) is 4. The molecule has 1 atom stereocenters. The zero-order valence-electron chi connectivity index (χ0n) is 18.3. The molecule has 0 unspecified atom stereocenters. The Labute approximate surface area is 183 Å². The highest BCUT2D eigenvalue weighted by molar-refractivity contribution is 6.07. The second-order valence-corrected chi connectivity index (χ2v) is 8.08. The van der Waals surface area contributed by atoms with Gasteiger partial charge in [-0.05, 0) is 31.0 Å². The van der Waals surface area contributed by atoms with Crippen LogP contribution in [0.3, 0.4) is 0 Å². The van der Waals surface area contributed by atoms with Crippen LogP contribution in [0.25, 0.3) is 0 Å². The second-order valence-electron chi connectivity index (χ2n) is 8.08. The third-order valence-corrected chi connectivity index (χ3v) is 6.33. The Hall–Kier alpha value is -3.06. The van der Waals surface area contributed by atoms with Crippen LogP contribution in [0.2, 0.25) is 0 Å². The summed E-state index contributed by atoms with van der Waals surface area (Å²) in [5, 5.41) is 2.98. The number of hydrogen-bond donors (Lipinski definition) is 2. The fourth-order valence-corrected chi connectivity index (χ4v) is 4.57. The van der Waals surface area contributed by atoms with Gasteiger partial charge in [-0.2, -0.15) is 0 Å². The Kier molecular flexibility index (Phi) is 6.13. The second kappa shape index (κ2) is 8.98. The third-order valence-electron chi connectivity index (χ3n) is 6.33. The van der Waals surface area contributed by atoms with Gasteiger partial charge in [0.2, 0.25) is 0 Å². The third kappa shape index (κ3) is 3.97. The average molecular weight is 424 g/mol. The van der Waals surface area contributed by atoms with Gasteiger partial charge in [0.25, 0.3) is 5.91 Å². The van der Waals surface area contributed by atoms with E-state index in [1.54, 1.807) is 0 Å². The molecule has 3 amide bonds. The normalized spacial score (nSPS) is 22.0. The molecule has 2 aromatic rings. The Morgan fingerprint density at radius 3 is 2.35 bits per heavy atom. The summed E-state index contributed by atoms with van der Waals surface area (Å²) in [6.45, 7) is 8.35. The fraction of sp³-hybridized carbons (Fsp3) is 0.417. The molecule has 0 radical (unpaired) electrons. The van der Waals surface area contributed by atoms with Crippen LogP contribution >= 0.6 is 0 Å². The van der Waals surface area contributed by atoms with Crippen molar-refractivity contribution in [3.63, 3.8) is 0 Å². The van der Waals surface area contributed by atoms with Crippen molar-refractivity contribution in [2.24, 2.45) is 0 Å². The monoisotopic (exact) mass is 423 g/mol. The zero-order chi connectivity index (χ0) is 21.8. The zero-order valence-corrected chi connectivity index (χ0v) is 18.3. The van der Waals surface area contributed by atoms with E-state index in [1.807, 2.05) is 62.4 Å². The number of nitrogens with one attached hydrogen (secondary N) is 2. The first-order chi connectivity index (χ1) is 15.1. The van der Waals surface area contributed by atoms with Crippen molar-refractivity contribution in [3.8, 4) is 5.75 Å². The molecule has 2 N–H and O–H groups in total. The standard InChI is InChI=1S/C24H30N4O3/c1-3-24(19-10-6-5-7-11-19)22(29)28(23(30)25-24)18-26-14-16-27(17-15-26)20-12-8-9-13-21(20)31-4-2/h5-13H,3-4,14-18H2,1-2H3,(H,25,30)/p+1/t24-/m1/s1. The van der Waals surface area contributed by atoms with Crippen LogP contribution in [0.4, 0.5) is 10.5 Å². The summed E-state index contributed by atoms with van der Waals surface area (Å²) in [7, 11) is 0. The van der Waals surface area contributed by atoms with E-state index in [2.05, 4.69) is 16.3 Å². The minimum absolute atomic E-state index is 0.150. The van der Waals surface area contributed by atoms with Crippen LogP contribution in [0.5, 0.6) is 5.75 Å². The van der Waals surface area contributed by atoms with Crippen molar-refractivity contribution in [1.82, 2.24) is 10.2 Å². The first-order valence-electron chi connectivity index (χ1n) is 11.1. The van der Waals surface area contributed by atoms with Gasteiger partial charge in [-0.25, -0.2) is 9.69 Å². The van der Waals surface area contributed by atoms with Gasteiger partial charge in [0.1, 0.15) is 11.3 Å². The van der Waals surface area contributed by atoms with E-state index in [-0.39, 0.29) is 11.9 Å². The number of imide groups is 1. The largest absolute Gasteiger partial charge is 0.492 e. The first kappa shape index (κ1) is 21.2. The molecule has 7 heteroatoms. The number of rotatable bonds is 7. The van der Waals surface area contributed by atoms with Gasteiger partial charge in [0.15, 0.2) is 6.67 Å². The van der Waals surface area contributed by atoms with Gasteiger partial charge in [0.05, 0.1) is 38.5 Å². The van der Waals surface area contributed by atoms with E-state index in [0.717, 1.165) is 43.2 Å². The molecule has 31 heavy (non-hydrogen) atoms. The number of quaternary nitrogens is 1. The number of urea groups is 1. The molecule has 2 fully saturated rings. The van der Waals surface area contributed by atoms with Crippen LogP contribution in [0.15, 0.2) is 54.6 Å². The number of nitrogens with zero attached hydrogens (tertiary/aromatic N) is 2. The molecule has 0 aromatic heterocycles. The molecular formula is C24H31N4O3+. The summed E-state index contributed by atoms with van der Waals surface area (Å²) in [6.07, 6.45) is 0.523. The highest BCUT2D eigenvalue weighted by Crippen LogP contribution is 2.32. The SMILES string of the molecule is CCOc1ccccc1N1CC[NH+](CN2C(=O)N[C@](CC)(c3ccccc3)C2=O)CC1. The van der Waals surface area contributed by atoms with E-state index in [1.165, 1.54) is 9.80 Å². The van der Waals surface area contributed by atoms with Crippen LogP contribution in [-0.2, 0) is 10.3 Å². The van der Waals surface area contributed by atoms with Crippen molar-refractivity contribution in [2.45, 2.75) is 25.8 Å². The number of ether oxygens (including phenoxy) is 1. The Morgan fingerprint density at radius 2 is 1.68 bits per heavy atom. The van der Waals surface area contributed by atoms with Gasteiger partial charge in [0, 0.05) is 0 Å². The summed E-state index contributed by atoms with van der Waals surface area (Å²) in [6, 6.07) is 17.3. The first-order valence-corrected chi connectivity index (χ1v) is 11.1. The van der Waals surface area contributed by atoms with Crippen LogP contribution in [-0.4, -0.2) is 56.3 Å². The summed E-state index contributed by atoms with van der Waals surface area (Å²) >= 11 is 0. The average Bonchev–Trinajstić information content (AvgIpc) is 3.06. The molecule has 2 aliphatic rings. The maximum absolute atomic E-state index is 13.3. The van der Waals surface area contributed by atoms with Gasteiger partial charge in [-0.15, -0.1) is 0 Å². The molecule has 0 saturated carbocycles. The number of para-hydroxylation sites is 2. The van der Waals surface area contributed by atoms with Crippen molar-refractivity contribution in [2.75, 3.05) is 44.4 Å². The maximum atomic E-state index is 13.3. The van der Waals surface area contributed by atoms with Crippen molar-refractivity contribution >= 4 is 17.6 Å². The molecule has 0 aliphatic carbocycles. The number of anilines is 1. The van der Waals surface area contributed by atoms with Crippen molar-refractivity contribution < 1.29 is 19.2 Å². The number of carbonyl (C=O) groups excluding carboxylic acids is 2. The molecule has 7 nitrogen and oxygen atoms in total. The van der Waals surface area contributed by atoms with E-state index < -0.39 is 5.54 Å². The molecule has 4 rings (SSSR count). The smallest absolute Gasteiger partial charge is 0.329 e. The molecule has 2 heterocycles. The number of benzene rings is 2. The van der Waals surface area contributed by atoms with Crippen LogP contribution in [0, 0.1) is 0 Å². The lowest BCUT2D eigenvalue weighted by Gasteiger charge is -2.35. The lowest BCUT2D eigenvalue weighted by Crippen LogP contribution is -3.16. The Morgan fingerprint density at radius 1 is 1.00 bits per heavy atom. The van der Waals surface area contributed by atoms with Gasteiger partial charge in [-0.1, -0.05) is 49.4 Å².